The maximum Gasteiger partial charge on any atom is 0.327 e. The number of rotatable bonds is 28. The second-order valence-corrected chi connectivity index (χ2v) is 14.7. The second kappa shape index (κ2) is 26.5. The first-order valence-corrected chi connectivity index (χ1v) is 20.2. The van der Waals surface area contributed by atoms with Crippen molar-refractivity contribution in [2.45, 2.75) is 114 Å². The molecule has 23 heteroatoms. The smallest absolute Gasteiger partial charge is 0.327 e. The minimum absolute atomic E-state index is 0.00223. The molecule has 6 amide bonds. The molecule has 61 heavy (non-hydrogen) atoms. The van der Waals surface area contributed by atoms with Crippen LogP contribution in [-0.4, -0.2) is 137 Å². The predicted molar refractivity (Wildman–Crippen MR) is 213 cm³/mol. The van der Waals surface area contributed by atoms with Crippen molar-refractivity contribution in [2.75, 3.05) is 32.0 Å². The third-order valence-corrected chi connectivity index (χ3v) is 9.67. The van der Waals surface area contributed by atoms with E-state index < -0.39 is 85.3 Å². The van der Waals surface area contributed by atoms with Crippen molar-refractivity contribution in [1.29, 1.82) is 5.26 Å². The second-order valence-electron chi connectivity index (χ2n) is 14.3. The predicted octanol–water partition coefficient (Wildman–Crippen LogP) is -0.701. The summed E-state index contributed by atoms with van der Waals surface area (Å²) in [6.07, 6.45) is 4.48. The molecule has 1 aliphatic heterocycles. The van der Waals surface area contributed by atoms with Crippen LogP contribution in [0.1, 0.15) is 87.2 Å². The maximum absolute atomic E-state index is 13.8. The van der Waals surface area contributed by atoms with Crippen molar-refractivity contribution in [3.63, 3.8) is 0 Å². The Morgan fingerprint density at radius 1 is 1.00 bits per heavy atom. The number of hydrogen-bond donors (Lipinski definition) is 8. The van der Waals surface area contributed by atoms with Crippen LogP contribution >= 0.6 is 12.6 Å². The molecule has 0 bridgehead atoms. The lowest BCUT2D eigenvalue weighted by Crippen LogP contribution is -2.57. The SMILES string of the molecule is CC(NC(=O)c1ccnc(CCC(=O)CCC(=O)NCCCCCCCC(=O)NCC(N)C(=O)NC(COC=O)C(=O)NC(CS)C(=O)O)c1)C(=O)N1CC(F)(F)C[C@H]1C#N. The number of aromatic nitrogens is 1. The van der Waals surface area contributed by atoms with Crippen molar-refractivity contribution in [1.82, 2.24) is 36.5 Å². The number of hydrogen-bond acceptors (Lipinski definition) is 14. The van der Waals surface area contributed by atoms with Crippen molar-refractivity contribution < 1.29 is 61.8 Å². The van der Waals surface area contributed by atoms with Crippen LogP contribution in [0.15, 0.2) is 18.3 Å². The number of carboxylic acids is 1. The molecule has 20 nitrogen and oxygen atoms in total. The number of ether oxygens (including phenoxy) is 1. The van der Waals surface area contributed by atoms with Crippen molar-refractivity contribution >= 4 is 66.3 Å². The lowest BCUT2D eigenvalue weighted by Gasteiger charge is -2.23. The molecule has 0 aliphatic carbocycles. The van der Waals surface area contributed by atoms with Crippen LogP contribution in [0, 0.1) is 11.3 Å². The number of aryl methyl sites for hydroxylation is 1. The maximum atomic E-state index is 13.8. The lowest BCUT2D eigenvalue weighted by molar-refractivity contribution is -0.142. The van der Waals surface area contributed by atoms with Crippen LogP contribution in [0.2, 0.25) is 0 Å². The molecule has 1 fully saturated rings. The van der Waals surface area contributed by atoms with E-state index in [2.05, 4.69) is 48.9 Å². The quantitative estimate of drug-likeness (QED) is 0.0293. The summed E-state index contributed by atoms with van der Waals surface area (Å²) in [5, 5.41) is 30.4. The van der Waals surface area contributed by atoms with E-state index in [0.29, 0.717) is 31.5 Å². The first-order valence-electron chi connectivity index (χ1n) is 19.5. The Hall–Kier alpha value is -5.76. The van der Waals surface area contributed by atoms with Gasteiger partial charge in [-0.1, -0.05) is 19.3 Å². The lowest BCUT2D eigenvalue weighted by atomic mass is 10.1. The summed E-state index contributed by atoms with van der Waals surface area (Å²) < 4.78 is 32.1. The van der Waals surface area contributed by atoms with Crippen LogP contribution < -0.4 is 32.3 Å². The fourth-order valence-corrected chi connectivity index (χ4v) is 6.12. The third kappa shape index (κ3) is 19.0. The van der Waals surface area contributed by atoms with Crippen LogP contribution in [0.3, 0.4) is 0 Å². The average molecular weight is 882 g/mol. The normalized spacial score (nSPS) is 16.1. The molecule has 1 aromatic heterocycles. The molecule has 0 spiro atoms. The largest absolute Gasteiger partial charge is 0.480 e. The number of amides is 6. The number of nitriles is 1. The molecular formula is C38H53F2N9O11S. The molecule has 0 radical (unpaired) electrons. The summed E-state index contributed by atoms with van der Waals surface area (Å²) in [4.78, 5) is 114. The molecule has 1 aromatic rings. The fraction of sp³-hybridized carbons (Fsp3) is 0.605. The van der Waals surface area contributed by atoms with Crippen molar-refractivity contribution in [3.8, 4) is 6.07 Å². The van der Waals surface area contributed by atoms with E-state index >= 15 is 0 Å². The minimum atomic E-state index is -3.19. The number of aliphatic carboxylic acids is 1. The van der Waals surface area contributed by atoms with Gasteiger partial charge in [0.15, 0.2) is 0 Å². The Morgan fingerprint density at radius 2 is 1.67 bits per heavy atom. The van der Waals surface area contributed by atoms with E-state index in [0.717, 1.165) is 17.7 Å². The summed E-state index contributed by atoms with van der Waals surface area (Å²) in [6, 6.07) is -2.02. The Balaban J connectivity index is 1.58. The monoisotopic (exact) mass is 881 g/mol. The van der Waals surface area contributed by atoms with Gasteiger partial charge in [-0.25, -0.2) is 13.6 Å². The Labute approximate surface area is 356 Å². The molecule has 1 saturated heterocycles. The molecule has 2 heterocycles. The number of likely N-dealkylation sites (tertiary alicyclic amines) is 1. The number of ketones is 1. The zero-order chi connectivity index (χ0) is 45.5. The molecule has 8 N–H and O–H groups in total. The topological polar surface area (TPSA) is 309 Å². The van der Waals surface area contributed by atoms with Gasteiger partial charge in [0.05, 0.1) is 12.6 Å². The van der Waals surface area contributed by atoms with Gasteiger partial charge >= 0.3 is 5.97 Å². The number of nitrogens with two attached hydrogens (primary N) is 1. The van der Waals surface area contributed by atoms with Gasteiger partial charge in [-0.3, -0.25) is 43.3 Å². The van der Waals surface area contributed by atoms with E-state index in [1.54, 1.807) is 6.07 Å². The van der Waals surface area contributed by atoms with Crippen LogP contribution in [0.5, 0.6) is 0 Å². The Bertz CT molecular complexity index is 1770. The van der Waals surface area contributed by atoms with Crippen LogP contribution in [0.4, 0.5) is 8.78 Å². The van der Waals surface area contributed by atoms with Gasteiger partial charge in [-0.05, 0) is 38.3 Å². The molecule has 5 atom stereocenters. The van der Waals surface area contributed by atoms with E-state index in [1.807, 2.05) is 0 Å². The van der Waals surface area contributed by atoms with Crippen molar-refractivity contribution in [2.24, 2.45) is 5.73 Å². The van der Waals surface area contributed by atoms with E-state index in [9.17, 15) is 51.9 Å². The summed E-state index contributed by atoms with van der Waals surface area (Å²) in [7, 11) is 0. The van der Waals surface area contributed by atoms with Gasteiger partial charge in [0.2, 0.25) is 29.5 Å². The highest BCUT2D eigenvalue weighted by molar-refractivity contribution is 7.80. The number of carbonyl (C=O) groups excluding carboxylic acids is 8. The number of nitrogens with zero attached hydrogens (tertiary/aromatic N) is 3. The average Bonchev–Trinajstić information content (AvgIpc) is 3.56. The number of nitrogens with one attached hydrogen (secondary N) is 5. The zero-order valence-corrected chi connectivity index (χ0v) is 34.6. The fourth-order valence-electron chi connectivity index (χ4n) is 5.87. The number of halogens is 2. The first kappa shape index (κ1) is 51.4. The van der Waals surface area contributed by atoms with E-state index in [4.69, 9.17) is 16.1 Å². The molecule has 4 unspecified atom stereocenters. The summed E-state index contributed by atoms with van der Waals surface area (Å²) in [5.74, 6) is -8.89. The Morgan fingerprint density at radius 3 is 2.34 bits per heavy atom. The van der Waals surface area contributed by atoms with Gasteiger partial charge in [-0.2, -0.15) is 17.9 Å². The number of carboxylic acid groups (broad SMARTS) is 1. The number of thiol groups is 1. The molecule has 0 aromatic carbocycles. The molecule has 1 aliphatic rings. The van der Waals surface area contributed by atoms with Gasteiger partial charge < -0.3 is 47.1 Å². The highest BCUT2D eigenvalue weighted by Gasteiger charge is 2.48. The van der Waals surface area contributed by atoms with Crippen LogP contribution in [0.25, 0.3) is 0 Å². The van der Waals surface area contributed by atoms with Gasteiger partial charge in [0.1, 0.15) is 42.6 Å². The van der Waals surface area contributed by atoms with E-state index in [-0.39, 0.29) is 74.0 Å². The third-order valence-electron chi connectivity index (χ3n) is 9.31. The van der Waals surface area contributed by atoms with E-state index in [1.165, 1.54) is 25.3 Å². The van der Waals surface area contributed by atoms with Crippen molar-refractivity contribution in [3.05, 3.63) is 29.6 Å². The molecule has 336 valence electrons. The molecule has 0 saturated carbocycles. The summed E-state index contributed by atoms with van der Waals surface area (Å²) in [5.41, 5.74) is 6.38. The van der Waals surface area contributed by atoms with Crippen LogP contribution in [-0.2, 0) is 49.5 Å². The molecule has 2 rings (SSSR count). The summed E-state index contributed by atoms with van der Waals surface area (Å²) in [6.45, 7) is 0.0304. The van der Waals surface area contributed by atoms with Gasteiger partial charge in [0.25, 0.3) is 18.3 Å². The number of carbonyl (C=O) groups is 9. The highest BCUT2D eigenvalue weighted by atomic mass is 32.1. The number of Topliss-reactive ketones (excluding diaryl/α,β-unsaturated/α-hetero) is 1. The minimum Gasteiger partial charge on any atom is -0.480 e. The summed E-state index contributed by atoms with van der Waals surface area (Å²) >= 11 is 3.84. The zero-order valence-electron chi connectivity index (χ0n) is 33.7. The highest BCUT2D eigenvalue weighted by Crippen LogP contribution is 2.32. The standard InChI is InChI=1S/C38H53F2N9O11S/c1-23(36(57)49-21-38(39,40)16-26(49)17-41)46-33(54)24-12-14-43-25(15-24)8-9-27(51)10-11-32(53)44-13-6-4-2-3-5-7-31(52)45-18-28(42)34(55)47-29(19-60-22-50)35(56)48-30(20-61)37(58)59/h12,14-15,22-23,26,28-30,61H,2-11,13,16,18-21,42H2,1H3,(H,44,53)(H,45,52)(H,46,54)(H,47,55)(H,48,56)(H,58,59)/t23?,26-,28?,29?,30?/m0/s1. The number of alkyl halides is 2. The first-order chi connectivity index (χ1) is 28.9. The number of unbranched alkanes of at least 4 members (excludes halogenated alkanes) is 4. The van der Waals surface area contributed by atoms with Gasteiger partial charge in [-0.15, -0.1) is 0 Å². The number of pyridine rings is 1. The van der Waals surface area contributed by atoms with Gasteiger partial charge in [0, 0.05) is 68.4 Å². The Kier molecular flexibility index (Phi) is 22.3. The molecular weight excluding hydrogens is 829 g/mol.